The fraction of sp³-hybridized carbons (Fsp3) is 0.435. The van der Waals surface area contributed by atoms with Crippen LogP contribution in [0, 0.1) is 5.92 Å². The first-order chi connectivity index (χ1) is 13.1. The number of rotatable bonds is 6. The zero-order valence-corrected chi connectivity index (χ0v) is 16.5. The van der Waals surface area contributed by atoms with Crippen LogP contribution in [0.4, 0.5) is 5.69 Å². The van der Waals surface area contributed by atoms with Gasteiger partial charge in [-0.05, 0) is 62.4 Å². The predicted octanol–water partition coefficient (Wildman–Crippen LogP) is 3.91. The third kappa shape index (κ3) is 4.89. The molecule has 2 aromatic carbocycles. The predicted molar refractivity (Wildman–Crippen MR) is 112 cm³/mol. The largest absolute Gasteiger partial charge is 0.367 e. The molecule has 27 heavy (non-hydrogen) atoms. The Hall–Kier alpha value is -2.33. The number of piperidine rings is 1. The average molecular weight is 366 g/mol. The number of hydrogen-bond acceptors (Lipinski definition) is 3. The Morgan fingerprint density at radius 3 is 2.30 bits per heavy atom. The van der Waals surface area contributed by atoms with Gasteiger partial charge in [0.25, 0.3) is 5.91 Å². The summed E-state index contributed by atoms with van der Waals surface area (Å²) in [6, 6.07) is 18.7. The average Bonchev–Trinajstić information content (AvgIpc) is 2.72. The van der Waals surface area contributed by atoms with E-state index in [0.29, 0.717) is 5.92 Å². The highest BCUT2D eigenvalue weighted by Crippen LogP contribution is 2.23. The minimum atomic E-state index is 0.135. The van der Waals surface area contributed by atoms with Crippen molar-refractivity contribution < 1.29 is 4.79 Å². The highest BCUT2D eigenvalue weighted by molar-refractivity contribution is 5.94. The van der Waals surface area contributed by atoms with Crippen LogP contribution in [-0.2, 0) is 6.54 Å². The number of carbonyl (C=O) groups excluding carboxylic acids is 1. The molecule has 4 heteroatoms. The molecule has 2 N–H and O–H groups in total. The monoisotopic (exact) mass is 365 g/mol. The van der Waals surface area contributed by atoms with E-state index < -0.39 is 0 Å². The standard InChI is InChI=1S/C23H31N3O/c1-3-25(17-19-7-5-4-6-8-19)22-11-9-21(10-12-22)23(27)26-15-13-20(14-16-26)18(2)24/h4-12,18,20H,3,13-17,24H2,1-2H3. The number of hydrogen-bond donors (Lipinski definition) is 1. The summed E-state index contributed by atoms with van der Waals surface area (Å²) in [5, 5.41) is 0. The first-order valence-corrected chi connectivity index (χ1v) is 10.0. The summed E-state index contributed by atoms with van der Waals surface area (Å²) >= 11 is 0. The van der Waals surface area contributed by atoms with Gasteiger partial charge in [0.2, 0.25) is 0 Å². The van der Waals surface area contributed by atoms with Gasteiger partial charge in [0.05, 0.1) is 0 Å². The molecule has 0 saturated carbocycles. The minimum absolute atomic E-state index is 0.135. The molecule has 1 saturated heterocycles. The molecule has 0 aliphatic carbocycles. The SMILES string of the molecule is CCN(Cc1ccccc1)c1ccc(C(=O)N2CCC(C(C)N)CC2)cc1. The van der Waals surface area contributed by atoms with Gasteiger partial charge < -0.3 is 15.5 Å². The van der Waals surface area contributed by atoms with Gasteiger partial charge in [-0.2, -0.15) is 0 Å². The van der Waals surface area contributed by atoms with E-state index >= 15 is 0 Å². The molecule has 0 radical (unpaired) electrons. The van der Waals surface area contributed by atoms with Crippen LogP contribution in [0.15, 0.2) is 54.6 Å². The Bertz CT molecular complexity index is 719. The van der Waals surface area contributed by atoms with Crippen molar-refractivity contribution in [3.05, 3.63) is 65.7 Å². The summed E-state index contributed by atoms with van der Waals surface area (Å²) in [6.07, 6.45) is 2.00. The summed E-state index contributed by atoms with van der Waals surface area (Å²) in [4.78, 5) is 17.1. The van der Waals surface area contributed by atoms with Crippen molar-refractivity contribution in [2.24, 2.45) is 11.7 Å². The van der Waals surface area contributed by atoms with Gasteiger partial charge in [0, 0.05) is 43.5 Å². The Kier molecular flexibility index (Phi) is 6.51. The van der Waals surface area contributed by atoms with Crippen LogP contribution in [0.5, 0.6) is 0 Å². The van der Waals surface area contributed by atoms with E-state index in [0.717, 1.165) is 50.3 Å². The van der Waals surface area contributed by atoms with Gasteiger partial charge >= 0.3 is 0 Å². The molecule has 1 fully saturated rings. The maximum Gasteiger partial charge on any atom is 0.253 e. The van der Waals surface area contributed by atoms with Crippen LogP contribution >= 0.6 is 0 Å². The normalized spacial score (nSPS) is 16.2. The Labute approximate surface area is 163 Å². The van der Waals surface area contributed by atoms with Crippen molar-refractivity contribution in [2.45, 2.75) is 39.3 Å². The van der Waals surface area contributed by atoms with E-state index in [9.17, 15) is 4.79 Å². The Morgan fingerprint density at radius 1 is 1.11 bits per heavy atom. The molecular weight excluding hydrogens is 334 g/mol. The molecule has 3 rings (SSSR count). The maximum atomic E-state index is 12.8. The number of nitrogens with zero attached hydrogens (tertiary/aromatic N) is 2. The Balaban J connectivity index is 1.63. The van der Waals surface area contributed by atoms with E-state index in [4.69, 9.17) is 5.73 Å². The molecule has 1 aliphatic heterocycles. The molecule has 0 aromatic heterocycles. The van der Waals surface area contributed by atoms with Crippen molar-refractivity contribution >= 4 is 11.6 Å². The van der Waals surface area contributed by atoms with E-state index in [-0.39, 0.29) is 11.9 Å². The third-order valence-corrected chi connectivity index (χ3v) is 5.65. The van der Waals surface area contributed by atoms with Gasteiger partial charge in [0.1, 0.15) is 0 Å². The number of benzene rings is 2. The zero-order valence-electron chi connectivity index (χ0n) is 16.5. The molecular formula is C23H31N3O. The van der Waals surface area contributed by atoms with E-state index in [1.54, 1.807) is 0 Å². The second-order valence-electron chi connectivity index (χ2n) is 7.54. The molecule has 4 nitrogen and oxygen atoms in total. The second-order valence-corrected chi connectivity index (χ2v) is 7.54. The number of anilines is 1. The lowest BCUT2D eigenvalue weighted by molar-refractivity contribution is 0.0681. The summed E-state index contributed by atoms with van der Waals surface area (Å²) in [5.74, 6) is 0.670. The Morgan fingerprint density at radius 2 is 1.74 bits per heavy atom. The number of carbonyl (C=O) groups is 1. The molecule has 2 aromatic rings. The van der Waals surface area contributed by atoms with Crippen molar-refractivity contribution in [3.63, 3.8) is 0 Å². The summed E-state index contributed by atoms with van der Waals surface area (Å²) in [6.45, 7) is 7.63. The third-order valence-electron chi connectivity index (χ3n) is 5.65. The van der Waals surface area contributed by atoms with Crippen LogP contribution in [0.25, 0.3) is 0 Å². The second kappa shape index (κ2) is 9.05. The molecule has 1 unspecified atom stereocenters. The fourth-order valence-electron chi connectivity index (χ4n) is 3.82. The highest BCUT2D eigenvalue weighted by Gasteiger charge is 2.25. The van der Waals surface area contributed by atoms with Gasteiger partial charge in [-0.25, -0.2) is 0 Å². The maximum absolute atomic E-state index is 12.8. The van der Waals surface area contributed by atoms with Gasteiger partial charge in [0.15, 0.2) is 0 Å². The fourth-order valence-corrected chi connectivity index (χ4v) is 3.82. The number of likely N-dealkylation sites (tertiary alicyclic amines) is 1. The van der Waals surface area contributed by atoms with Gasteiger partial charge in [-0.15, -0.1) is 0 Å². The smallest absolute Gasteiger partial charge is 0.253 e. The number of nitrogens with two attached hydrogens (primary N) is 1. The number of amides is 1. The molecule has 1 aliphatic rings. The lowest BCUT2D eigenvalue weighted by Crippen LogP contribution is -2.42. The minimum Gasteiger partial charge on any atom is -0.367 e. The van der Waals surface area contributed by atoms with E-state index in [2.05, 4.69) is 55.1 Å². The molecule has 144 valence electrons. The highest BCUT2D eigenvalue weighted by atomic mass is 16.2. The summed E-state index contributed by atoms with van der Waals surface area (Å²) in [5.41, 5.74) is 9.21. The first kappa shape index (κ1) is 19.4. The van der Waals surface area contributed by atoms with E-state index in [1.807, 2.05) is 23.1 Å². The van der Waals surface area contributed by atoms with E-state index in [1.165, 1.54) is 5.56 Å². The quantitative estimate of drug-likeness (QED) is 0.844. The van der Waals surface area contributed by atoms with Crippen molar-refractivity contribution in [3.8, 4) is 0 Å². The van der Waals surface area contributed by atoms with Crippen molar-refractivity contribution in [2.75, 3.05) is 24.5 Å². The van der Waals surface area contributed by atoms with Crippen LogP contribution < -0.4 is 10.6 Å². The lowest BCUT2D eigenvalue weighted by atomic mass is 9.90. The molecule has 0 bridgehead atoms. The topological polar surface area (TPSA) is 49.6 Å². The van der Waals surface area contributed by atoms with Crippen molar-refractivity contribution in [1.29, 1.82) is 0 Å². The van der Waals surface area contributed by atoms with Crippen LogP contribution in [0.1, 0.15) is 42.6 Å². The first-order valence-electron chi connectivity index (χ1n) is 10.0. The zero-order chi connectivity index (χ0) is 19.2. The molecule has 1 heterocycles. The molecule has 1 amide bonds. The molecule has 1 atom stereocenters. The van der Waals surface area contributed by atoms with Crippen LogP contribution in [0.3, 0.4) is 0 Å². The summed E-state index contributed by atoms with van der Waals surface area (Å²) < 4.78 is 0. The summed E-state index contributed by atoms with van der Waals surface area (Å²) in [7, 11) is 0. The lowest BCUT2D eigenvalue weighted by Gasteiger charge is -2.33. The van der Waals surface area contributed by atoms with Gasteiger partial charge in [-0.3, -0.25) is 4.79 Å². The van der Waals surface area contributed by atoms with Crippen LogP contribution in [0.2, 0.25) is 0 Å². The van der Waals surface area contributed by atoms with Crippen LogP contribution in [-0.4, -0.2) is 36.5 Å². The molecule has 0 spiro atoms. The van der Waals surface area contributed by atoms with Crippen molar-refractivity contribution in [1.82, 2.24) is 4.90 Å². The van der Waals surface area contributed by atoms with Gasteiger partial charge in [-0.1, -0.05) is 30.3 Å².